The largest absolute Gasteiger partial charge is 0.382 e. The van der Waals surface area contributed by atoms with E-state index in [1.165, 1.54) is 17.8 Å². The summed E-state index contributed by atoms with van der Waals surface area (Å²) in [4.78, 5) is 14.9. The van der Waals surface area contributed by atoms with Crippen LogP contribution in [0.3, 0.4) is 0 Å². The van der Waals surface area contributed by atoms with Gasteiger partial charge in [-0.3, -0.25) is 4.79 Å². The highest BCUT2D eigenvalue weighted by Gasteiger charge is 2.13. The first-order chi connectivity index (χ1) is 13.1. The van der Waals surface area contributed by atoms with Gasteiger partial charge < -0.3 is 16.6 Å². The van der Waals surface area contributed by atoms with Gasteiger partial charge in [-0.05, 0) is 17.2 Å². The minimum atomic E-state index is -0.247. The number of pyridine rings is 1. The third kappa shape index (κ3) is 4.19. The monoisotopic (exact) mass is 375 g/mol. The topological polar surface area (TPSA) is 121 Å². The van der Waals surface area contributed by atoms with Gasteiger partial charge in [-0.2, -0.15) is 10.4 Å². The van der Waals surface area contributed by atoms with Gasteiger partial charge in [0.15, 0.2) is 0 Å². The second-order valence-electron chi connectivity index (χ2n) is 5.73. The average Bonchev–Trinajstić information content (AvgIpc) is 2.72. The maximum absolute atomic E-state index is 12.1. The van der Waals surface area contributed by atoms with Crippen molar-refractivity contribution in [2.75, 3.05) is 0 Å². The third-order valence-corrected chi connectivity index (χ3v) is 5.02. The van der Waals surface area contributed by atoms with E-state index in [-0.39, 0.29) is 11.4 Å². The van der Waals surface area contributed by atoms with Crippen molar-refractivity contribution in [3.8, 4) is 17.2 Å². The van der Waals surface area contributed by atoms with Crippen molar-refractivity contribution in [2.45, 2.75) is 10.8 Å². The molecule has 1 heterocycles. The SMILES string of the molecule is N#Cc1c(-c2ccccc2)cc(=O)[nH]c1SCc1cccc(C(N)=NN)c1. The standard InChI is InChI=1S/C20H17N5OS/c21-11-17-16(14-6-2-1-3-7-14)10-18(26)24-20(17)27-12-13-5-4-8-15(9-13)19(22)25-23/h1-10H,12,23H2,(H2,22,25)(H,24,26). The highest BCUT2D eigenvalue weighted by atomic mass is 32.2. The number of nitrogens with one attached hydrogen (secondary N) is 1. The lowest BCUT2D eigenvalue weighted by Gasteiger charge is -2.10. The van der Waals surface area contributed by atoms with Crippen molar-refractivity contribution in [3.05, 3.63) is 87.7 Å². The van der Waals surface area contributed by atoms with Gasteiger partial charge in [0, 0.05) is 22.9 Å². The summed E-state index contributed by atoms with van der Waals surface area (Å²) in [5, 5.41) is 13.7. The molecule has 3 aromatic rings. The molecule has 2 aromatic carbocycles. The van der Waals surface area contributed by atoms with Crippen LogP contribution in [-0.2, 0) is 5.75 Å². The number of aromatic amines is 1. The summed E-state index contributed by atoms with van der Waals surface area (Å²) in [5.74, 6) is 6.03. The fourth-order valence-electron chi connectivity index (χ4n) is 2.65. The Morgan fingerprint density at radius 2 is 1.93 bits per heavy atom. The molecule has 7 heteroatoms. The summed E-state index contributed by atoms with van der Waals surface area (Å²) < 4.78 is 0. The lowest BCUT2D eigenvalue weighted by molar-refractivity contribution is 1.06. The van der Waals surface area contributed by atoms with Crippen molar-refractivity contribution in [2.24, 2.45) is 16.7 Å². The molecule has 0 aliphatic rings. The summed E-state index contributed by atoms with van der Waals surface area (Å²) in [7, 11) is 0. The van der Waals surface area contributed by atoms with Gasteiger partial charge in [-0.1, -0.05) is 48.5 Å². The first-order valence-electron chi connectivity index (χ1n) is 8.10. The minimum absolute atomic E-state index is 0.247. The van der Waals surface area contributed by atoms with Crippen LogP contribution in [0, 0.1) is 11.3 Å². The van der Waals surface area contributed by atoms with Crippen LogP contribution in [0.4, 0.5) is 0 Å². The highest BCUT2D eigenvalue weighted by molar-refractivity contribution is 7.98. The quantitative estimate of drug-likeness (QED) is 0.208. The van der Waals surface area contributed by atoms with Crippen LogP contribution >= 0.6 is 11.8 Å². The van der Waals surface area contributed by atoms with E-state index in [1.54, 1.807) is 0 Å². The molecule has 0 atom stereocenters. The van der Waals surface area contributed by atoms with Crippen molar-refractivity contribution in [3.63, 3.8) is 0 Å². The highest BCUT2D eigenvalue weighted by Crippen LogP contribution is 2.30. The number of nitrogens with zero attached hydrogens (tertiary/aromatic N) is 2. The molecular formula is C20H17N5OS. The molecule has 0 aliphatic carbocycles. The zero-order valence-corrected chi connectivity index (χ0v) is 15.2. The summed E-state index contributed by atoms with van der Waals surface area (Å²) in [6.45, 7) is 0. The van der Waals surface area contributed by atoms with Gasteiger partial charge in [0.05, 0.1) is 10.6 Å². The molecule has 0 aliphatic heterocycles. The van der Waals surface area contributed by atoms with Gasteiger partial charge in [-0.25, -0.2) is 0 Å². The van der Waals surface area contributed by atoms with Crippen LogP contribution in [-0.4, -0.2) is 10.8 Å². The molecule has 6 nitrogen and oxygen atoms in total. The first-order valence-corrected chi connectivity index (χ1v) is 9.09. The Balaban J connectivity index is 1.93. The lowest BCUT2D eigenvalue weighted by Crippen LogP contribution is -2.15. The second kappa shape index (κ2) is 8.25. The Hall–Kier alpha value is -3.50. The first kappa shape index (κ1) is 18.3. The zero-order chi connectivity index (χ0) is 19.2. The number of nitrogens with two attached hydrogens (primary N) is 2. The molecule has 0 saturated heterocycles. The van der Waals surface area contributed by atoms with Gasteiger partial charge >= 0.3 is 0 Å². The second-order valence-corrected chi connectivity index (χ2v) is 6.72. The van der Waals surface area contributed by atoms with Gasteiger partial charge in [0.25, 0.3) is 0 Å². The molecular weight excluding hydrogens is 358 g/mol. The Morgan fingerprint density at radius 1 is 1.15 bits per heavy atom. The van der Waals surface area contributed by atoms with Crippen LogP contribution in [0.25, 0.3) is 11.1 Å². The molecule has 134 valence electrons. The molecule has 5 N–H and O–H groups in total. The van der Waals surface area contributed by atoms with Crippen molar-refractivity contribution < 1.29 is 0 Å². The predicted molar refractivity (Wildman–Crippen MR) is 108 cm³/mol. The van der Waals surface area contributed by atoms with Crippen molar-refractivity contribution in [1.82, 2.24) is 4.98 Å². The van der Waals surface area contributed by atoms with Gasteiger partial charge in [0.2, 0.25) is 5.56 Å². The van der Waals surface area contributed by atoms with E-state index in [0.717, 1.165) is 16.7 Å². The maximum Gasteiger partial charge on any atom is 0.249 e. The minimum Gasteiger partial charge on any atom is -0.382 e. The fourth-order valence-corrected chi connectivity index (χ4v) is 3.61. The number of aromatic nitrogens is 1. The summed E-state index contributed by atoms with van der Waals surface area (Å²) in [6, 6.07) is 20.6. The molecule has 0 unspecified atom stereocenters. The summed E-state index contributed by atoms with van der Waals surface area (Å²) in [6.07, 6.45) is 0. The zero-order valence-electron chi connectivity index (χ0n) is 14.3. The molecule has 0 fully saturated rings. The molecule has 0 bridgehead atoms. The molecule has 0 spiro atoms. The summed E-state index contributed by atoms with van der Waals surface area (Å²) in [5.41, 5.74) is 9.10. The van der Waals surface area contributed by atoms with E-state index in [4.69, 9.17) is 11.6 Å². The number of hydrogen-bond acceptors (Lipinski definition) is 5. The molecule has 27 heavy (non-hydrogen) atoms. The number of benzene rings is 2. The number of rotatable bonds is 5. The molecule has 1 aromatic heterocycles. The predicted octanol–water partition coefficient (Wildman–Crippen LogP) is 2.78. The molecule has 0 radical (unpaired) electrons. The number of hydrogen-bond donors (Lipinski definition) is 3. The summed E-state index contributed by atoms with van der Waals surface area (Å²) >= 11 is 1.39. The normalized spacial score (nSPS) is 11.1. The smallest absolute Gasteiger partial charge is 0.249 e. The van der Waals surface area contributed by atoms with Gasteiger partial charge in [-0.15, -0.1) is 11.8 Å². The number of thioether (sulfide) groups is 1. The van der Waals surface area contributed by atoms with E-state index in [1.807, 2.05) is 54.6 Å². The van der Waals surface area contributed by atoms with Crippen LogP contribution in [0.5, 0.6) is 0 Å². The van der Waals surface area contributed by atoms with E-state index in [0.29, 0.717) is 21.9 Å². The molecule has 0 saturated carbocycles. The number of H-pyrrole nitrogens is 1. The molecule has 0 amide bonds. The van der Waals surface area contributed by atoms with Crippen molar-refractivity contribution >= 4 is 17.6 Å². The van der Waals surface area contributed by atoms with E-state index in [9.17, 15) is 10.1 Å². The average molecular weight is 375 g/mol. The van der Waals surface area contributed by atoms with Crippen LogP contribution in [0.2, 0.25) is 0 Å². The van der Waals surface area contributed by atoms with Crippen LogP contribution < -0.4 is 17.1 Å². The Labute approximate surface area is 160 Å². The van der Waals surface area contributed by atoms with Crippen LogP contribution in [0.15, 0.2) is 75.6 Å². The fraction of sp³-hybridized carbons (Fsp3) is 0.0500. The van der Waals surface area contributed by atoms with Crippen molar-refractivity contribution in [1.29, 1.82) is 5.26 Å². The van der Waals surface area contributed by atoms with E-state index >= 15 is 0 Å². The van der Waals surface area contributed by atoms with Crippen LogP contribution in [0.1, 0.15) is 16.7 Å². The Bertz CT molecular complexity index is 1080. The Morgan fingerprint density at radius 3 is 2.63 bits per heavy atom. The van der Waals surface area contributed by atoms with E-state index < -0.39 is 0 Å². The lowest BCUT2D eigenvalue weighted by atomic mass is 10.0. The van der Waals surface area contributed by atoms with E-state index in [2.05, 4.69) is 16.2 Å². The Kier molecular flexibility index (Phi) is 5.59. The van der Waals surface area contributed by atoms with Gasteiger partial charge in [0.1, 0.15) is 11.9 Å². The number of hydrazone groups is 1. The number of nitriles is 1. The molecule has 3 rings (SSSR count). The number of amidine groups is 1. The third-order valence-electron chi connectivity index (χ3n) is 3.95. The maximum atomic E-state index is 12.1.